The fourth-order valence-electron chi connectivity index (χ4n) is 2.73. The van der Waals surface area contributed by atoms with Gasteiger partial charge in [-0.25, -0.2) is 8.42 Å². The predicted molar refractivity (Wildman–Crippen MR) is 85.0 cm³/mol. The quantitative estimate of drug-likeness (QED) is 0.731. The summed E-state index contributed by atoms with van der Waals surface area (Å²) in [6.07, 6.45) is 4.74. The Morgan fingerprint density at radius 2 is 2.30 bits per heavy atom. The van der Waals surface area contributed by atoms with Crippen LogP contribution in [0.2, 0.25) is 0 Å². The highest BCUT2D eigenvalue weighted by molar-refractivity contribution is 9.09. The summed E-state index contributed by atoms with van der Waals surface area (Å²) in [5.74, 6) is 1.32. The molecule has 0 N–H and O–H groups in total. The second-order valence-electron chi connectivity index (χ2n) is 5.83. The lowest BCUT2D eigenvalue weighted by Crippen LogP contribution is -2.20. The summed E-state index contributed by atoms with van der Waals surface area (Å²) in [5.41, 5.74) is 1.07. The molecule has 1 saturated heterocycles. The minimum Gasteiger partial charge on any atom is -0.270 e. The van der Waals surface area contributed by atoms with Gasteiger partial charge in [0.25, 0.3) is 0 Å². The summed E-state index contributed by atoms with van der Waals surface area (Å²) in [4.78, 5) is 0. The Hall–Kier alpha value is -0.360. The van der Waals surface area contributed by atoms with Crippen LogP contribution in [-0.2, 0) is 16.3 Å². The number of sulfone groups is 1. The van der Waals surface area contributed by atoms with Crippen LogP contribution >= 0.6 is 15.9 Å². The van der Waals surface area contributed by atoms with E-state index < -0.39 is 9.84 Å². The minimum atomic E-state index is -2.80. The van der Waals surface area contributed by atoms with Gasteiger partial charge < -0.3 is 0 Å². The molecule has 0 aromatic carbocycles. The summed E-state index contributed by atoms with van der Waals surface area (Å²) in [6.45, 7) is 4.30. The van der Waals surface area contributed by atoms with E-state index in [2.05, 4.69) is 40.9 Å². The van der Waals surface area contributed by atoms with Gasteiger partial charge in [0, 0.05) is 17.6 Å². The maximum absolute atomic E-state index is 11.6. The van der Waals surface area contributed by atoms with Crippen molar-refractivity contribution >= 4 is 25.8 Å². The molecule has 1 aliphatic rings. The Morgan fingerprint density at radius 3 is 2.85 bits per heavy atom. The van der Waals surface area contributed by atoms with Gasteiger partial charge in [0.2, 0.25) is 0 Å². The maximum Gasteiger partial charge on any atom is 0.150 e. The largest absolute Gasteiger partial charge is 0.270 e. The molecule has 2 heterocycles. The molecule has 0 aliphatic carbocycles. The first kappa shape index (κ1) is 16.0. The number of aromatic nitrogens is 2. The molecule has 1 fully saturated rings. The number of nitrogens with zero attached hydrogens (tertiary/aromatic N) is 2. The van der Waals surface area contributed by atoms with Crippen molar-refractivity contribution in [3.63, 3.8) is 0 Å². The van der Waals surface area contributed by atoms with Crippen molar-refractivity contribution in [2.45, 2.75) is 39.2 Å². The Kier molecular flexibility index (Phi) is 5.29. The van der Waals surface area contributed by atoms with E-state index in [0.29, 0.717) is 23.5 Å². The lowest BCUT2D eigenvalue weighted by Gasteiger charge is -2.19. The second kappa shape index (κ2) is 6.60. The van der Waals surface area contributed by atoms with E-state index >= 15 is 0 Å². The zero-order valence-electron chi connectivity index (χ0n) is 12.1. The van der Waals surface area contributed by atoms with Gasteiger partial charge in [-0.05, 0) is 44.1 Å². The van der Waals surface area contributed by atoms with Gasteiger partial charge in [0.15, 0.2) is 9.84 Å². The molecular formula is C14H23BrN2O2S. The smallest absolute Gasteiger partial charge is 0.150 e. The molecule has 0 spiro atoms. The zero-order chi connectivity index (χ0) is 14.8. The Bertz CT molecular complexity index is 541. The van der Waals surface area contributed by atoms with Crippen LogP contribution in [0.3, 0.4) is 0 Å². The van der Waals surface area contributed by atoms with E-state index in [1.807, 2.05) is 10.9 Å². The van der Waals surface area contributed by atoms with E-state index in [9.17, 15) is 8.42 Å². The molecule has 0 radical (unpaired) electrons. The Morgan fingerprint density at radius 1 is 1.55 bits per heavy atom. The van der Waals surface area contributed by atoms with Gasteiger partial charge in [-0.3, -0.25) is 4.68 Å². The van der Waals surface area contributed by atoms with Crippen molar-refractivity contribution in [2.75, 3.05) is 16.8 Å². The molecule has 3 atom stereocenters. The van der Waals surface area contributed by atoms with Gasteiger partial charge in [-0.15, -0.1) is 0 Å². The number of hydrogen-bond donors (Lipinski definition) is 0. The van der Waals surface area contributed by atoms with E-state index in [4.69, 9.17) is 0 Å². The predicted octanol–water partition coefficient (Wildman–Crippen LogP) is 2.84. The van der Waals surface area contributed by atoms with Crippen molar-refractivity contribution in [2.24, 2.45) is 11.8 Å². The van der Waals surface area contributed by atoms with Crippen molar-refractivity contribution in [1.82, 2.24) is 9.78 Å². The highest BCUT2D eigenvalue weighted by Crippen LogP contribution is 2.29. The topological polar surface area (TPSA) is 52.0 Å². The number of hydrogen-bond acceptors (Lipinski definition) is 3. The van der Waals surface area contributed by atoms with Gasteiger partial charge in [-0.2, -0.15) is 5.10 Å². The normalized spacial score (nSPS) is 24.6. The van der Waals surface area contributed by atoms with Crippen LogP contribution in [0.1, 0.15) is 38.4 Å². The summed E-state index contributed by atoms with van der Waals surface area (Å²) in [5, 5.41) is 5.46. The molecule has 3 unspecified atom stereocenters. The van der Waals surface area contributed by atoms with Crippen LogP contribution in [0.5, 0.6) is 0 Å². The SMILES string of the molecule is CCC(C)n1ccc(CC(CBr)C2CCS(=O)(=O)C2)n1. The van der Waals surface area contributed by atoms with Crippen molar-refractivity contribution in [3.8, 4) is 0 Å². The first-order valence-electron chi connectivity index (χ1n) is 7.25. The number of alkyl halides is 1. The summed E-state index contributed by atoms with van der Waals surface area (Å²) in [6, 6.07) is 2.48. The summed E-state index contributed by atoms with van der Waals surface area (Å²) < 4.78 is 25.2. The summed E-state index contributed by atoms with van der Waals surface area (Å²) >= 11 is 3.54. The van der Waals surface area contributed by atoms with Crippen molar-refractivity contribution < 1.29 is 8.42 Å². The van der Waals surface area contributed by atoms with Gasteiger partial charge in [0.1, 0.15) is 0 Å². The molecule has 1 aromatic rings. The van der Waals surface area contributed by atoms with E-state index in [1.165, 1.54) is 0 Å². The van der Waals surface area contributed by atoms with Crippen LogP contribution in [0.4, 0.5) is 0 Å². The third-order valence-corrected chi connectivity index (χ3v) is 6.94. The third kappa shape index (κ3) is 3.85. The minimum absolute atomic E-state index is 0.271. The fourth-order valence-corrected chi connectivity index (χ4v) is 5.41. The van der Waals surface area contributed by atoms with E-state index in [1.54, 1.807) is 0 Å². The van der Waals surface area contributed by atoms with Crippen LogP contribution in [0, 0.1) is 11.8 Å². The molecule has 4 nitrogen and oxygen atoms in total. The molecule has 1 aliphatic heterocycles. The fraction of sp³-hybridized carbons (Fsp3) is 0.786. The molecule has 1 aromatic heterocycles. The molecule has 6 heteroatoms. The first-order chi connectivity index (χ1) is 9.45. The standard InChI is InChI=1S/C14H23BrN2O2S/c1-3-11(2)17-6-4-14(16-17)8-13(9-15)12-5-7-20(18,19)10-12/h4,6,11-13H,3,5,7-10H2,1-2H3. The average molecular weight is 363 g/mol. The van der Waals surface area contributed by atoms with Crippen molar-refractivity contribution in [3.05, 3.63) is 18.0 Å². The second-order valence-corrected chi connectivity index (χ2v) is 8.70. The highest BCUT2D eigenvalue weighted by atomic mass is 79.9. The molecule has 114 valence electrons. The monoisotopic (exact) mass is 362 g/mol. The van der Waals surface area contributed by atoms with Crippen LogP contribution in [0.15, 0.2) is 12.3 Å². The summed E-state index contributed by atoms with van der Waals surface area (Å²) in [7, 11) is -2.80. The molecular weight excluding hydrogens is 340 g/mol. The Balaban J connectivity index is 2.02. The van der Waals surface area contributed by atoms with Gasteiger partial charge >= 0.3 is 0 Å². The van der Waals surface area contributed by atoms with Crippen LogP contribution < -0.4 is 0 Å². The molecule has 20 heavy (non-hydrogen) atoms. The van der Waals surface area contributed by atoms with Gasteiger partial charge in [0.05, 0.1) is 17.2 Å². The molecule has 0 saturated carbocycles. The number of halogens is 1. The van der Waals surface area contributed by atoms with Crippen LogP contribution in [-0.4, -0.2) is 35.0 Å². The van der Waals surface area contributed by atoms with E-state index in [0.717, 1.165) is 30.3 Å². The molecule has 0 amide bonds. The lowest BCUT2D eigenvalue weighted by atomic mass is 9.90. The van der Waals surface area contributed by atoms with E-state index in [-0.39, 0.29) is 5.92 Å². The third-order valence-electron chi connectivity index (χ3n) is 4.31. The zero-order valence-corrected chi connectivity index (χ0v) is 14.5. The Labute approximate surface area is 130 Å². The molecule has 2 rings (SSSR count). The lowest BCUT2D eigenvalue weighted by molar-refractivity contribution is 0.394. The average Bonchev–Trinajstić information content (AvgIpc) is 3.01. The maximum atomic E-state index is 11.6. The van der Waals surface area contributed by atoms with Crippen LogP contribution in [0.25, 0.3) is 0 Å². The van der Waals surface area contributed by atoms with Gasteiger partial charge in [-0.1, -0.05) is 22.9 Å². The first-order valence-corrected chi connectivity index (χ1v) is 10.2. The number of rotatable bonds is 6. The molecule has 0 bridgehead atoms. The highest BCUT2D eigenvalue weighted by Gasteiger charge is 2.33. The van der Waals surface area contributed by atoms with Crippen molar-refractivity contribution in [1.29, 1.82) is 0 Å².